The van der Waals surface area contributed by atoms with Gasteiger partial charge in [-0.2, -0.15) is 0 Å². The van der Waals surface area contributed by atoms with Crippen molar-refractivity contribution in [3.8, 4) is 0 Å². The fourth-order valence-corrected chi connectivity index (χ4v) is 1.86. The summed E-state index contributed by atoms with van der Waals surface area (Å²) in [4.78, 5) is 11.9. The Morgan fingerprint density at radius 3 is 2.50 bits per heavy atom. The van der Waals surface area contributed by atoms with Crippen LogP contribution >= 0.6 is 11.6 Å². The number of hydrogen-bond acceptors (Lipinski definition) is 2. The molecule has 2 rings (SSSR count). The summed E-state index contributed by atoms with van der Waals surface area (Å²) in [5.41, 5.74) is 1.59. The van der Waals surface area contributed by atoms with E-state index in [-0.39, 0.29) is 5.91 Å². The minimum atomic E-state index is -0.126. The van der Waals surface area contributed by atoms with E-state index in [1.807, 2.05) is 19.1 Å². The molecule has 0 atom stereocenters. The Morgan fingerprint density at radius 1 is 1.28 bits per heavy atom. The fraction of sp³-hybridized carbons (Fsp3) is 0.214. The molecule has 4 heteroatoms. The Morgan fingerprint density at radius 2 is 1.94 bits per heavy atom. The molecule has 1 heterocycles. The van der Waals surface area contributed by atoms with Gasteiger partial charge in [-0.1, -0.05) is 23.7 Å². The number of carbonyl (C=O) groups is 1. The third-order valence-corrected chi connectivity index (χ3v) is 2.90. The molecule has 1 aromatic carbocycles. The molecule has 0 saturated heterocycles. The quantitative estimate of drug-likeness (QED) is 0.921. The number of furan rings is 1. The second kappa shape index (κ2) is 5.27. The number of rotatable bonds is 3. The Bertz CT molecular complexity index is 558. The zero-order valence-corrected chi connectivity index (χ0v) is 11.0. The van der Waals surface area contributed by atoms with E-state index in [0.717, 1.165) is 11.3 Å². The van der Waals surface area contributed by atoms with Gasteiger partial charge in [-0.3, -0.25) is 4.79 Å². The van der Waals surface area contributed by atoms with E-state index in [0.29, 0.717) is 22.9 Å². The van der Waals surface area contributed by atoms with Crippen molar-refractivity contribution in [2.24, 2.45) is 0 Å². The number of carbonyl (C=O) groups excluding carboxylic acids is 1. The van der Waals surface area contributed by atoms with E-state index in [4.69, 9.17) is 16.0 Å². The number of aryl methyl sites for hydroxylation is 2. The van der Waals surface area contributed by atoms with Crippen molar-refractivity contribution >= 4 is 17.5 Å². The van der Waals surface area contributed by atoms with Gasteiger partial charge in [0.15, 0.2) is 0 Å². The van der Waals surface area contributed by atoms with Gasteiger partial charge in [0.1, 0.15) is 11.5 Å². The first-order valence-electron chi connectivity index (χ1n) is 5.66. The predicted octanol–water partition coefficient (Wildman–Crippen LogP) is 3.48. The Hall–Kier alpha value is -1.74. The molecule has 18 heavy (non-hydrogen) atoms. The third-order valence-electron chi connectivity index (χ3n) is 2.65. The summed E-state index contributed by atoms with van der Waals surface area (Å²) in [5, 5.41) is 3.53. The summed E-state index contributed by atoms with van der Waals surface area (Å²) in [6.07, 6.45) is 0. The van der Waals surface area contributed by atoms with Crippen LogP contribution in [0.4, 0.5) is 0 Å². The minimum Gasteiger partial charge on any atom is -0.466 e. The molecule has 0 unspecified atom stereocenters. The van der Waals surface area contributed by atoms with Crippen LogP contribution in [0.1, 0.15) is 27.4 Å². The maximum absolute atomic E-state index is 11.9. The molecule has 0 aliphatic rings. The summed E-state index contributed by atoms with van der Waals surface area (Å²) in [6, 6.07) is 9.12. The Labute approximate surface area is 111 Å². The molecule has 0 saturated carbocycles. The molecule has 1 amide bonds. The fourth-order valence-electron chi connectivity index (χ4n) is 1.74. The largest absolute Gasteiger partial charge is 0.466 e. The van der Waals surface area contributed by atoms with E-state index in [2.05, 4.69) is 5.32 Å². The van der Waals surface area contributed by atoms with E-state index in [1.165, 1.54) is 0 Å². The van der Waals surface area contributed by atoms with Gasteiger partial charge in [-0.15, -0.1) is 0 Å². The standard InChI is InChI=1S/C14H14ClNO2/c1-9-7-13(10(2)18-9)14(17)16-8-11-3-5-12(15)6-4-11/h3-7H,8H2,1-2H3,(H,16,17). The number of nitrogens with one attached hydrogen (secondary N) is 1. The van der Waals surface area contributed by atoms with Crippen LogP contribution < -0.4 is 5.32 Å². The van der Waals surface area contributed by atoms with Crippen LogP contribution in [0.2, 0.25) is 5.02 Å². The normalized spacial score (nSPS) is 10.4. The lowest BCUT2D eigenvalue weighted by atomic mass is 10.2. The van der Waals surface area contributed by atoms with Gasteiger partial charge in [0.05, 0.1) is 5.56 Å². The van der Waals surface area contributed by atoms with Gasteiger partial charge < -0.3 is 9.73 Å². The average molecular weight is 264 g/mol. The monoisotopic (exact) mass is 263 g/mol. The van der Waals surface area contributed by atoms with Gasteiger partial charge in [0.2, 0.25) is 0 Å². The molecule has 0 spiro atoms. The van der Waals surface area contributed by atoms with E-state index in [1.54, 1.807) is 25.1 Å². The molecule has 94 valence electrons. The van der Waals surface area contributed by atoms with E-state index >= 15 is 0 Å². The summed E-state index contributed by atoms with van der Waals surface area (Å²) in [6.45, 7) is 4.08. The second-order valence-corrected chi connectivity index (χ2v) is 4.57. The van der Waals surface area contributed by atoms with Crippen LogP contribution in [0.15, 0.2) is 34.7 Å². The zero-order chi connectivity index (χ0) is 13.1. The lowest BCUT2D eigenvalue weighted by molar-refractivity contribution is 0.0949. The van der Waals surface area contributed by atoms with Crippen molar-refractivity contribution < 1.29 is 9.21 Å². The summed E-state index contributed by atoms with van der Waals surface area (Å²) >= 11 is 5.79. The molecule has 1 N–H and O–H groups in total. The first-order valence-corrected chi connectivity index (χ1v) is 6.04. The number of hydrogen-bond donors (Lipinski definition) is 1. The van der Waals surface area contributed by atoms with Crippen molar-refractivity contribution in [1.82, 2.24) is 5.32 Å². The highest BCUT2D eigenvalue weighted by Gasteiger charge is 2.12. The van der Waals surface area contributed by atoms with Gasteiger partial charge in [-0.05, 0) is 37.6 Å². The SMILES string of the molecule is Cc1cc(C(=O)NCc2ccc(Cl)cc2)c(C)o1. The van der Waals surface area contributed by atoms with Crippen molar-refractivity contribution in [2.45, 2.75) is 20.4 Å². The molecule has 0 aliphatic heterocycles. The second-order valence-electron chi connectivity index (χ2n) is 4.14. The van der Waals surface area contributed by atoms with Gasteiger partial charge in [0, 0.05) is 11.6 Å². The summed E-state index contributed by atoms with van der Waals surface area (Å²) in [5.74, 6) is 1.25. The molecule has 0 radical (unpaired) electrons. The molecular formula is C14H14ClNO2. The zero-order valence-electron chi connectivity index (χ0n) is 10.3. The molecule has 0 bridgehead atoms. The first-order chi connectivity index (χ1) is 8.56. The van der Waals surface area contributed by atoms with Crippen LogP contribution in [0.5, 0.6) is 0 Å². The van der Waals surface area contributed by atoms with E-state index < -0.39 is 0 Å². The summed E-state index contributed by atoms with van der Waals surface area (Å²) < 4.78 is 5.33. The number of amides is 1. The smallest absolute Gasteiger partial charge is 0.255 e. The maximum Gasteiger partial charge on any atom is 0.255 e. The predicted molar refractivity (Wildman–Crippen MR) is 70.8 cm³/mol. The van der Waals surface area contributed by atoms with Crippen LogP contribution in [0.3, 0.4) is 0 Å². The Kier molecular flexibility index (Phi) is 3.72. The third kappa shape index (κ3) is 2.93. The lowest BCUT2D eigenvalue weighted by Crippen LogP contribution is -2.22. The number of halogens is 1. The van der Waals surface area contributed by atoms with E-state index in [9.17, 15) is 4.79 Å². The number of benzene rings is 1. The highest BCUT2D eigenvalue weighted by molar-refractivity contribution is 6.30. The highest BCUT2D eigenvalue weighted by atomic mass is 35.5. The maximum atomic E-state index is 11.9. The molecule has 2 aromatic rings. The first kappa shape index (κ1) is 12.7. The minimum absolute atomic E-state index is 0.126. The lowest BCUT2D eigenvalue weighted by Gasteiger charge is -2.04. The molecule has 1 aromatic heterocycles. The van der Waals surface area contributed by atoms with Crippen molar-refractivity contribution in [3.63, 3.8) is 0 Å². The van der Waals surface area contributed by atoms with Crippen LogP contribution in [0, 0.1) is 13.8 Å². The molecule has 0 aliphatic carbocycles. The molecule has 0 fully saturated rings. The van der Waals surface area contributed by atoms with Gasteiger partial charge in [-0.25, -0.2) is 0 Å². The highest BCUT2D eigenvalue weighted by Crippen LogP contribution is 2.14. The molecular weight excluding hydrogens is 250 g/mol. The van der Waals surface area contributed by atoms with Crippen LogP contribution in [-0.2, 0) is 6.54 Å². The van der Waals surface area contributed by atoms with Crippen molar-refractivity contribution in [2.75, 3.05) is 0 Å². The van der Waals surface area contributed by atoms with Gasteiger partial charge >= 0.3 is 0 Å². The summed E-state index contributed by atoms with van der Waals surface area (Å²) in [7, 11) is 0. The van der Waals surface area contributed by atoms with Crippen LogP contribution in [0.25, 0.3) is 0 Å². The van der Waals surface area contributed by atoms with Crippen LogP contribution in [-0.4, -0.2) is 5.91 Å². The van der Waals surface area contributed by atoms with Gasteiger partial charge in [0.25, 0.3) is 5.91 Å². The average Bonchev–Trinajstić information content (AvgIpc) is 2.67. The topological polar surface area (TPSA) is 42.2 Å². The van der Waals surface area contributed by atoms with Crippen molar-refractivity contribution in [1.29, 1.82) is 0 Å². The molecule has 3 nitrogen and oxygen atoms in total. The Balaban J connectivity index is 2.00. The van der Waals surface area contributed by atoms with Crippen molar-refractivity contribution in [3.05, 3.63) is 58.0 Å².